The number of aryl methyl sites for hydroxylation is 3. The first-order valence-electron chi connectivity index (χ1n) is 13.7. The Bertz CT molecular complexity index is 1550. The lowest BCUT2D eigenvalue weighted by atomic mass is 9.84. The lowest BCUT2D eigenvalue weighted by Crippen LogP contribution is -2.31. The number of pyridine rings is 1. The molecule has 0 radical (unpaired) electrons. The number of carboxylic acids is 1. The van der Waals surface area contributed by atoms with Crippen LogP contribution in [-0.2, 0) is 24.3 Å². The van der Waals surface area contributed by atoms with Crippen molar-refractivity contribution < 1.29 is 19.0 Å². The number of carbonyl (C=O) groups is 1. The van der Waals surface area contributed by atoms with Gasteiger partial charge in [0.2, 0.25) is 0 Å². The molecule has 10 heteroatoms. The fourth-order valence-electron chi connectivity index (χ4n) is 5.77. The van der Waals surface area contributed by atoms with Crippen LogP contribution in [0.1, 0.15) is 66.1 Å². The summed E-state index contributed by atoms with van der Waals surface area (Å²) in [5.74, 6) is -1.05. The smallest absolute Gasteiger partial charge is 0.304 e. The first-order valence-corrected chi connectivity index (χ1v) is 15.3. The minimum Gasteiger partial charge on any atom is -0.481 e. The highest BCUT2D eigenvalue weighted by Crippen LogP contribution is 2.55. The maximum Gasteiger partial charge on any atom is 0.304 e. The first-order chi connectivity index (χ1) is 19.1. The molecule has 0 aliphatic carbocycles. The van der Waals surface area contributed by atoms with E-state index in [0.717, 1.165) is 51.0 Å². The van der Waals surface area contributed by atoms with Gasteiger partial charge in [-0.3, -0.25) is 18.9 Å². The summed E-state index contributed by atoms with van der Waals surface area (Å²) in [6.07, 6.45) is 3.22. The van der Waals surface area contributed by atoms with Gasteiger partial charge in [0.25, 0.3) is 0 Å². The molecule has 9 nitrogen and oxygen atoms in total. The number of carboxylic acid groups (broad SMARTS) is 1. The average molecular weight is 564 g/mol. The maximum atomic E-state index is 12.1. The van der Waals surface area contributed by atoms with E-state index in [-0.39, 0.29) is 12.3 Å². The molecule has 40 heavy (non-hydrogen) atoms. The SMILES string of the molecule is CCC1Cc2ncccc2S(O)(O)N(Cc2cc(C(CC(=O)O)c3ccc4c(nnn4CC)c3C)ccc2C)C1. The Labute approximate surface area is 236 Å². The van der Waals surface area contributed by atoms with Crippen LogP contribution in [0.2, 0.25) is 0 Å². The highest BCUT2D eigenvalue weighted by molar-refractivity contribution is 8.22. The Balaban J connectivity index is 1.55. The lowest BCUT2D eigenvalue weighted by Gasteiger charge is -2.43. The van der Waals surface area contributed by atoms with E-state index < -0.39 is 22.7 Å². The van der Waals surface area contributed by atoms with Crippen molar-refractivity contribution in [2.45, 2.75) is 70.9 Å². The van der Waals surface area contributed by atoms with Gasteiger partial charge in [-0.25, -0.2) is 4.68 Å². The monoisotopic (exact) mass is 563 g/mol. The van der Waals surface area contributed by atoms with Gasteiger partial charge in [-0.15, -0.1) is 15.9 Å². The molecular formula is C30H37N5O4S. The van der Waals surface area contributed by atoms with Gasteiger partial charge < -0.3 is 5.11 Å². The zero-order chi connectivity index (χ0) is 28.6. The van der Waals surface area contributed by atoms with Gasteiger partial charge in [0.05, 0.1) is 22.5 Å². The number of fused-ring (bicyclic) bond motifs is 2. The van der Waals surface area contributed by atoms with Crippen LogP contribution in [0, 0.1) is 19.8 Å². The minimum atomic E-state index is -3.25. The summed E-state index contributed by atoms with van der Waals surface area (Å²) < 4.78 is 26.6. The number of hydrogen-bond donors (Lipinski definition) is 3. The zero-order valence-corrected chi connectivity index (χ0v) is 24.2. The molecule has 0 bridgehead atoms. The van der Waals surface area contributed by atoms with Crippen molar-refractivity contribution in [2.75, 3.05) is 6.54 Å². The highest BCUT2D eigenvalue weighted by Gasteiger charge is 2.34. The van der Waals surface area contributed by atoms with Crippen LogP contribution in [0.5, 0.6) is 0 Å². The Hall–Kier alpha value is -3.31. The maximum absolute atomic E-state index is 12.1. The van der Waals surface area contributed by atoms with E-state index in [1.54, 1.807) is 22.6 Å². The van der Waals surface area contributed by atoms with Crippen molar-refractivity contribution >= 4 is 27.8 Å². The Morgan fingerprint density at radius 2 is 1.95 bits per heavy atom. The van der Waals surface area contributed by atoms with E-state index in [4.69, 9.17) is 0 Å². The molecule has 1 aliphatic heterocycles. The van der Waals surface area contributed by atoms with Crippen LogP contribution in [0.15, 0.2) is 53.6 Å². The van der Waals surface area contributed by atoms with Crippen molar-refractivity contribution in [1.82, 2.24) is 24.3 Å². The summed E-state index contributed by atoms with van der Waals surface area (Å²) in [6.45, 7) is 9.65. The second-order valence-corrected chi connectivity index (χ2v) is 12.7. The molecule has 4 aromatic rings. The standard InChI is InChI=1S/C30H37N5O4S/c1-5-21-14-26-28(8-7-13-31-26)40(38,39)34(17-21)18-23-15-22(10-9-19(23)3)25(16-29(36)37)24-11-12-27-30(20(24)4)32-33-35(27)6-2/h7-13,15,21,25,38-39H,5-6,14,16-18H2,1-4H3,(H,36,37). The second-order valence-electron chi connectivity index (χ2n) is 10.7. The normalized spacial score (nSPS) is 18.7. The van der Waals surface area contributed by atoms with Crippen LogP contribution < -0.4 is 0 Å². The predicted molar refractivity (Wildman–Crippen MR) is 156 cm³/mol. The van der Waals surface area contributed by atoms with Crippen molar-refractivity contribution in [3.05, 3.63) is 82.2 Å². The molecule has 3 N–H and O–H groups in total. The molecule has 3 heterocycles. The number of nitrogens with zero attached hydrogens (tertiary/aromatic N) is 5. The molecule has 212 valence electrons. The van der Waals surface area contributed by atoms with Gasteiger partial charge in [-0.05, 0) is 79.1 Å². The van der Waals surface area contributed by atoms with Crippen LogP contribution in [0.25, 0.3) is 11.0 Å². The molecule has 0 saturated carbocycles. The van der Waals surface area contributed by atoms with E-state index in [9.17, 15) is 19.0 Å². The van der Waals surface area contributed by atoms with E-state index >= 15 is 0 Å². The third-order valence-electron chi connectivity index (χ3n) is 8.18. The summed E-state index contributed by atoms with van der Waals surface area (Å²) >= 11 is 0. The summed E-state index contributed by atoms with van der Waals surface area (Å²) in [4.78, 5) is 17.0. The summed E-state index contributed by atoms with van der Waals surface area (Å²) in [5.41, 5.74) is 7.08. The van der Waals surface area contributed by atoms with Crippen LogP contribution >= 0.6 is 10.8 Å². The Kier molecular flexibility index (Phi) is 7.96. The molecule has 0 fully saturated rings. The summed E-state index contributed by atoms with van der Waals surface area (Å²) in [6, 6.07) is 13.5. The van der Waals surface area contributed by atoms with Gasteiger partial charge in [0.1, 0.15) is 5.52 Å². The van der Waals surface area contributed by atoms with Crippen molar-refractivity contribution in [3.63, 3.8) is 0 Å². The number of rotatable bonds is 8. The molecule has 0 saturated heterocycles. The van der Waals surface area contributed by atoms with Crippen molar-refractivity contribution in [1.29, 1.82) is 0 Å². The molecule has 2 atom stereocenters. The van der Waals surface area contributed by atoms with Gasteiger partial charge in [0.15, 0.2) is 0 Å². The molecule has 1 aliphatic rings. The quantitative estimate of drug-likeness (QED) is 0.232. The van der Waals surface area contributed by atoms with Crippen LogP contribution in [-0.4, -0.2) is 51.0 Å². The molecular weight excluding hydrogens is 526 g/mol. The topological polar surface area (TPSA) is 125 Å². The average Bonchev–Trinajstić information content (AvgIpc) is 3.32. The van der Waals surface area contributed by atoms with Crippen molar-refractivity contribution in [3.8, 4) is 0 Å². The minimum absolute atomic E-state index is 0.0768. The van der Waals surface area contributed by atoms with E-state index in [1.807, 2.05) is 55.8 Å². The Morgan fingerprint density at radius 1 is 1.15 bits per heavy atom. The number of benzene rings is 2. The Morgan fingerprint density at radius 3 is 2.67 bits per heavy atom. The predicted octanol–water partition coefficient (Wildman–Crippen LogP) is 6.18. The van der Waals surface area contributed by atoms with Crippen LogP contribution in [0.3, 0.4) is 0 Å². The summed E-state index contributed by atoms with van der Waals surface area (Å²) in [7, 11) is -3.25. The van der Waals surface area contributed by atoms with Crippen LogP contribution in [0.4, 0.5) is 0 Å². The summed E-state index contributed by atoms with van der Waals surface area (Å²) in [5, 5.41) is 18.5. The van der Waals surface area contributed by atoms with Gasteiger partial charge in [0, 0.05) is 31.7 Å². The number of aromatic nitrogens is 4. The molecule has 0 amide bonds. The first kappa shape index (κ1) is 28.2. The van der Waals surface area contributed by atoms with E-state index in [1.165, 1.54) is 0 Å². The second kappa shape index (κ2) is 11.3. The van der Waals surface area contributed by atoms with Gasteiger partial charge >= 0.3 is 5.97 Å². The highest BCUT2D eigenvalue weighted by atomic mass is 32.3. The number of hydrogen-bond acceptors (Lipinski definition) is 7. The zero-order valence-electron chi connectivity index (χ0n) is 23.4. The molecule has 2 aromatic heterocycles. The number of aliphatic carboxylic acids is 1. The van der Waals surface area contributed by atoms with Gasteiger partial charge in [-0.1, -0.05) is 42.8 Å². The van der Waals surface area contributed by atoms with E-state index in [2.05, 4.69) is 22.2 Å². The largest absolute Gasteiger partial charge is 0.481 e. The molecule has 2 aromatic carbocycles. The third kappa shape index (κ3) is 5.24. The van der Waals surface area contributed by atoms with Gasteiger partial charge in [-0.2, -0.15) is 4.31 Å². The molecule has 2 unspecified atom stereocenters. The third-order valence-corrected chi connectivity index (χ3v) is 10.1. The van der Waals surface area contributed by atoms with E-state index in [0.29, 0.717) is 31.0 Å². The fraction of sp³-hybridized carbons (Fsp3) is 0.400. The fourth-order valence-corrected chi connectivity index (χ4v) is 7.50. The molecule has 5 rings (SSSR count). The molecule has 0 spiro atoms. The van der Waals surface area contributed by atoms with Crippen molar-refractivity contribution in [2.24, 2.45) is 5.92 Å². The lowest BCUT2D eigenvalue weighted by molar-refractivity contribution is -0.137.